The molecule has 0 spiro atoms. The Hall–Kier alpha value is -1.65. The van der Waals surface area contributed by atoms with Crippen LogP contribution in [0.1, 0.15) is 0 Å². The molecule has 0 aromatic carbocycles. The summed E-state index contributed by atoms with van der Waals surface area (Å²) in [6, 6.07) is 0. The van der Waals surface area contributed by atoms with Crippen LogP contribution in [0.3, 0.4) is 0 Å². The molecule has 0 amide bonds. The zero-order valence-electron chi connectivity index (χ0n) is 5.94. The highest BCUT2D eigenvalue weighted by Crippen LogP contribution is 2.16. The number of hydrogen-bond acceptors (Lipinski definition) is 3. The predicted octanol–water partition coefficient (Wildman–Crippen LogP) is 1.05. The summed E-state index contributed by atoms with van der Waals surface area (Å²) in [5, 5.41) is 0. The van der Waals surface area contributed by atoms with Gasteiger partial charge in [0.2, 0.25) is 0 Å². The Morgan fingerprint density at radius 3 is 2.91 bits per heavy atom. The van der Waals surface area contributed by atoms with Crippen molar-refractivity contribution < 1.29 is 0 Å². The highest BCUT2D eigenvalue weighted by Gasteiger charge is 1.98. The second-order valence-electron chi connectivity index (χ2n) is 2.25. The average molecular weight is 148 g/mol. The molecule has 0 saturated carbocycles. The summed E-state index contributed by atoms with van der Waals surface area (Å²) in [7, 11) is 1.84. The van der Waals surface area contributed by atoms with Gasteiger partial charge in [0, 0.05) is 13.4 Å². The van der Waals surface area contributed by atoms with Gasteiger partial charge < -0.3 is 15.3 Å². The van der Waals surface area contributed by atoms with Gasteiger partial charge in [0.25, 0.3) is 0 Å². The topological polar surface area (TPSA) is 67.4 Å². The minimum Gasteiger partial charge on any atom is -0.480 e. The van der Waals surface area contributed by atoms with E-state index >= 15 is 0 Å². The Balaban J connectivity index is 2.94. The van der Waals surface area contributed by atoms with Crippen LogP contribution < -0.4 is 0 Å². The van der Waals surface area contributed by atoms with E-state index in [4.69, 9.17) is 5.73 Å². The molecule has 2 aromatic heterocycles. The van der Waals surface area contributed by atoms with Crippen LogP contribution in [0.4, 0.5) is 5.82 Å². The second-order valence-corrected chi connectivity index (χ2v) is 2.25. The number of aryl methyl sites for hydroxylation is 1. The molecule has 0 radical (unpaired) electrons. The first-order chi connectivity index (χ1) is 5.29. The summed E-state index contributed by atoms with van der Waals surface area (Å²) in [5.74, 6) is 0.176. The third-order valence-corrected chi connectivity index (χ3v) is 1.50. The van der Waals surface area contributed by atoms with Crippen LogP contribution in [0.2, 0.25) is 0 Å². The number of imidazole rings is 1. The molecule has 2 aromatic rings. The monoisotopic (exact) mass is 148 g/mol. The van der Waals surface area contributed by atoms with E-state index in [2.05, 4.69) is 15.0 Å². The third kappa shape index (κ3) is 0.739. The Morgan fingerprint density at radius 1 is 1.36 bits per heavy atom. The molecule has 5 nitrogen and oxygen atoms in total. The number of aromatic nitrogens is 4. The van der Waals surface area contributed by atoms with Crippen molar-refractivity contribution >= 4 is 17.0 Å². The standard InChI is InChI=1S/C6H6N5/c1-11-3-10-4-5(7)8-2-9-6(4)11/h2-3H,1H3,(H-,7,8,9)/q-1. The lowest BCUT2D eigenvalue weighted by Crippen LogP contribution is -1.87. The van der Waals surface area contributed by atoms with E-state index in [9.17, 15) is 0 Å². The first-order valence-corrected chi connectivity index (χ1v) is 3.12. The fourth-order valence-electron chi connectivity index (χ4n) is 0.945. The fraction of sp³-hybridized carbons (Fsp3) is 0.167. The summed E-state index contributed by atoms with van der Waals surface area (Å²) >= 11 is 0. The summed E-state index contributed by atoms with van der Waals surface area (Å²) in [6.07, 6.45) is 2.99. The Bertz CT molecular complexity index is 391. The van der Waals surface area contributed by atoms with E-state index in [1.807, 2.05) is 7.05 Å². The number of nitrogens with one attached hydrogen (secondary N) is 1. The van der Waals surface area contributed by atoms with Crippen molar-refractivity contribution in [3.8, 4) is 0 Å². The molecule has 2 rings (SSSR count). The van der Waals surface area contributed by atoms with Gasteiger partial charge in [-0.2, -0.15) is 0 Å². The molecule has 2 heterocycles. The number of fused-ring (bicyclic) bond motifs is 1. The largest absolute Gasteiger partial charge is 0.480 e. The minimum atomic E-state index is 0.176. The molecular weight excluding hydrogens is 142 g/mol. The molecule has 0 aliphatic carbocycles. The zero-order valence-corrected chi connectivity index (χ0v) is 5.94. The summed E-state index contributed by atoms with van der Waals surface area (Å²) in [4.78, 5) is 11.6. The van der Waals surface area contributed by atoms with E-state index in [1.54, 1.807) is 10.9 Å². The molecule has 0 aliphatic rings. The van der Waals surface area contributed by atoms with Crippen molar-refractivity contribution in [2.75, 3.05) is 0 Å². The van der Waals surface area contributed by atoms with Gasteiger partial charge in [-0.1, -0.05) is 0 Å². The molecule has 5 heteroatoms. The third-order valence-electron chi connectivity index (χ3n) is 1.50. The molecule has 0 bridgehead atoms. The van der Waals surface area contributed by atoms with Gasteiger partial charge in [0.05, 0.1) is 6.33 Å². The predicted molar refractivity (Wildman–Crippen MR) is 40.3 cm³/mol. The smallest absolute Gasteiger partial charge is 0.158 e. The van der Waals surface area contributed by atoms with Gasteiger partial charge in [-0.25, -0.2) is 9.97 Å². The summed E-state index contributed by atoms with van der Waals surface area (Å²) in [5.41, 5.74) is 8.60. The fourth-order valence-corrected chi connectivity index (χ4v) is 0.945. The molecule has 0 aliphatic heterocycles. The van der Waals surface area contributed by atoms with Crippen LogP contribution in [0.5, 0.6) is 0 Å². The van der Waals surface area contributed by atoms with Crippen LogP contribution in [-0.2, 0) is 7.05 Å². The second kappa shape index (κ2) is 1.91. The van der Waals surface area contributed by atoms with Crippen molar-refractivity contribution in [1.29, 1.82) is 0 Å². The summed E-state index contributed by atoms with van der Waals surface area (Å²) in [6.45, 7) is 0. The zero-order chi connectivity index (χ0) is 7.84. The Kier molecular flexibility index (Phi) is 1.06. The van der Waals surface area contributed by atoms with Crippen molar-refractivity contribution in [2.45, 2.75) is 0 Å². The van der Waals surface area contributed by atoms with Crippen LogP contribution >= 0.6 is 0 Å². The Labute approximate surface area is 62.9 Å². The highest BCUT2D eigenvalue weighted by atomic mass is 15.1. The summed E-state index contributed by atoms with van der Waals surface area (Å²) < 4.78 is 1.76. The number of hydrogen-bond donors (Lipinski definition) is 0. The van der Waals surface area contributed by atoms with Crippen LogP contribution in [0.15, 0.2) is 12.7 Å². The van der Waals surface area contributed by atoms with Gasteiger partial charge in [0.15, 0.2) is 5.65 Å². The van der Waals surface area contributed by atoms with Crippen molar-refractivity contribution in [1.82, 2.24) is 19.5 Å². The van der Waals surface area contributed by atoms with E-state index < -0.39 is 0 Å². The van der Waals surface area contributed by atoms with E-state index in [-0.39, 0.29) is 5.82 Å². The highest BCUT2D eigenvalue weighted by molar-refractivity contribution is 5.82. The molecule has 0 atom stereocenters. The maximum atomic E-state index is 7.35. The van der Waals surface area contributed by atoms with E-state index in [1.165, 1.54) is 6.33 Å². The first-order valence-electron chi connectivity index (χ1n) is 3.12. The minimum absolute atomic E-state index is 0.176. The number of rotatable bonds is 0. The van der Waals surface area contributed by atoms with Crippen molar-refractivity contribution in [3.63, 3.8) is 0 Å². The first kappa shape index (κ1) is 6.09. The number of nitrogens with zero attached hydrogens (tertiary/aromatic N) is 4. The van der Waals surface area contributed by atoms with Crippen molar-refractivity contribution in [3.05, 3.63) is 18.4 Å². The quantitative estimate of drug-likeness (QED) is 0.560. The Morgan fingerprint density at radius 2 is 2.18 bits per heavy atom. The van der Waals surface area contributed by atoms with Crippen LogP contribution in [-0.4, -0.2) is 19.5 Å². The normalized spacial score (nSPS) is 10.6. The molecule has 0 saturated heterocycles. The maximum absolute atomic E-state index is 7.35. The van der Waals surface area contributed by atoms with E-state index in [0.717, 1.165) is 0 Å². The average Bonchev–Trinajstić information content (AvgIpc) is 2.35. The van der Waals surface area contributed by atoms with Gasteiger partial charge >= 0.3 is 0 Å². The lowest BCUT2D eigenvalue weighted by molar-refractivity contribution is 0.928. The molecule has 0 fully saturated rings. The van der Waals surface area contributed by atoms with Gasteiger partial charge in [-0.3, -0.25) is 0 Å². The maximum Gasteiger partial charge on any atom is 0.158 e. The lowest BCUT2D eigenvalue weighted by Gasteiger charge is -2.01. The molecular formula is C6H6N5-. The molecule has 56 valence electrons. The lowest BCUT2D eigenvalue weighted by atomic mass is 10.5. The molecule has 0 unspecified atom stereocenters. The van der Waals surface area contributed by atoms with E-state index in [0.29, 0.717) is 11.2 Å². The van der Waals surface area contributed by atoms with Crippen molar-refractivity contribution in [2.24, 2.45) is 7.05 Å². The molecule has 11 heavy (non-hydrogen) atoms. The van der Waals surface area contributed by atoms with Gasteiger partial charge in [0.1, 0.15) is 5.52 Å². The molecule has 1 N–H and O–H groups in total. The van der Waals surface area contributed by atoms with Gasteiger partial charge in [-0.05, 0) is 5.82 Å². The van der Waals surface area contributed by atoms with Crippen LogP contribution in [0.25, 0.3) is 16.9 Å². The van der Waals surface area contributed by atoms with Crippen LogP contribution in [0, 0.1) is 0 Å². The van der Waals surface area contributed by atoms with Gasteiger partial charge in [-0.15, -0.1) is 0 Å². The SMILES string of the molecule is Cn1cnc2c([NH-])ncnc21.